The van der Waals surface area contributed by atoms with E-state index >= 15 is 0 Å². The third kappa shape index (κ3) is 4.59. The first kappa shape index (κ1) is 20.0. The summed E-state index contributed by atoms with van der Waals surface area (Å²) < 4.78 is 33.5. The summed E-state index contributed by atoms with van der Waals surface area (Å²) in [4.78, 5) is 25.4. The minimum Gasteiger partial charge on any atom is -0.466 e. The van der Waals surface area contributed by atoms with E-state index in [1.165, 1.54) is 27.2 Å². The first-order chi connectivity index (χ1) is 12.9. The van der Waals surface area contributed by atoms with Gasteiger partial charge in [-0.2, -0.15) is 4.31 Å². The predicted molar refractivity (Wildman–Crippen MR) is 98.7 cm³/mol. The number of piperidine rings is 1. The van der Waals surface area contributed by atoms with Gasteiger partial charge in [0.2, 0.25) is 10.0 Å². The van der Waals surface area contributed by atoms with Crippen molar-refractivity contribution < 1.29 is 22.8 Å². The molecule has 27 heavy (non-hydrogen) atoms. The van der Waals surface area contributed by atoms with Gasteiger partial charge in [-0.3, -0.25) is 14.2 Å². The van der Waals surface area contributed by atoms with E-state index in [4.69, 9.17) is 4.74 Å². The molecular weight excluding hydrogens is 370 g/mol. The monoisotopic (exact) mass is 398 g/mol. The van der Waals surface area contributed by atoms with Crippen LogP contribution in [-0.4, -0.2) is 56.0 Å². The first-order valence-corrected chi connectivity index (χ1v) is 11.1. The molecule has 0 radical (unpaired) electrons. The zero-order valence-corrected chi connectivity index (χ0v) is 16.5. The number of hydrogen-bond donors (Lipinski definition) is 1. The summed E-state index contributed by atoms with van der Waals surface area (Å²) in [6.45, 7) is 5.16. The molecule has 1 aromatic heterocycles. The largest absolute Gasteiger partial charge is 0.466 e. The maximum absolute atomic E-state index is 12.7. The highest BCUT2D eigenvalue weighted by atomic mass is 32.2. The van der Waals surface area contributed by atoms with Crippen LogP contribution in [-0.2, 0) is 26.2 Å². The van der Waals surface area contributed by atoms with Crippen molar-refractivity contribution in [2.75, 3.05) is 32.8 Å². The predicted octanol–water partition coefficient (Wildman–Crippen LogP) is -0.552. The van der Waals surface area contributed by atoms with Crippen molar-refractivity contribution in [3.8, 4) is 0 Å². The molecule has 0 spiro atoms. The third-order valence-electron chi connectivity index (χ3n) is 5.37. The number of rotatable bonds is 6. The second-order valence-corrected chi connectivity index (χ2v) is 9.16. The van der Waals surface area contributed by atoms with Crippen molar-refractivity contribution in [1.29, 1.82) is 0 Å². The van der Waals surface area contributed by atoms with Crippen molar-refractivity contribution in [2.45, 2.75) is 44.2 Å². The molecule has 150 valence electrons. The molecule has 0 aromatic carbocycles. The first-order valence-electron chi connectivity index (χ1n) is 9.62. The molecule has 0 saturated carbocycles. The van der Waals surface area contributed by atoms with Crippen LogP contribution in [0, 0.1) is 5.92 Å². The molecule has 2 aliphatic rings. The van der Waals surface area contributed by atoms with Gasteiger partial charge in [0, 0.05) is 38.2 Å². The second-order valence-electron chi connectivity index (χ2n) is 7.22. The standard InChI is InChI=1S/C18H27N3O5S/c1-2-26-18(23)15-7-11-19(12-8-15)14-20-13-16(5-6-17(20)22)27(24,25)21-9-3-4-10-21/h5-6,13,15H,2-4,7-12,14H2,1H3/p+1. The Morgan fingerprint density at radius 3 is 2.52 bits per heavy atom. The summed E-state index contributed by atoms with van der Waals surface area (Å²) in [5.41, 5.74) is -0.213. The van der Waals surface area contributed by atoms with Crippen LogP contribution in [0.4, 0.5) is 0 Å². The van der Waals surface area contributed by atoms with Crippen LogP contribution in [0.25, 0.3) is 0 Å². The number of pyridine rings is 1. The van der Waals surface area contributed by atoms with Gasteiger partial charge in [0.15, 0.2) is 6.67 Å². The van der Waals surface area contributed by atoms with E-state index in [9.17, 15) is 18.0 Å². The number of carbonyl (C=O) groups excluding carboxylic acids is 1. The molecular formula is C18H28N3O5S+. The van der Waals surface area contributed by atoms with E-state index in [2.05, 4.69) is 0 Å². The quantitative estimate of drug-likeness (QED) is 0.650. The molecule has 0 unspecified atom stereocenters. The van der Waals surface area contributed by atoms with Crippen LogP contribution < -0.4 is 10.5 Å². The summed E-state index contributed by atoms with van der Waals surface area (Å²) in [6.07, 6.45) is 4.64. The fourth-order valence-electron chi connectivity index (χ4n) is 3.78. The lowest BCUT2D eigenvalue weighted by molar-refractivity contribution is -0.928. The molecule has 1 N–H and O–H groups in total. The number of nitrogens with zero attached hydrogens (tertiary/aromatic N) is 2. The average molecular weight is 399 g/mol. The van der Waals surface area contributed by atoms with Crippen LogP contribution in [0.5, 0.6) is 0 Å². The topological polar surface area (TPSA) is 90.1 Å². The molecule has 3 heterocycles. The lowest BCUT2D eigenvalue weighted by Gasteiger charge is -2.28. The Morgan fingerprint density at radius 1 is 1.22 bits per heavy atom. The van der Waals surface area contributed by atoms with Gasteiger partial charge in [0.05, 0.1) is 30.5 Å². The highest BCUT2D eigenvalue weighted by Crippen LogP contribution is 2.19. The number of likely N-dealkylation sites (tertiary alicyclic amines) is 1. The lowest BCUT2D eigenvalue weighted by atomic mass is 9.97. The summed E-state index contributed by atoms with van der Waals surface area (Å²) in [6, 6.07) is 2.72. The molecule has 0 aliphatic carbocycles. The van der Waals surface area contributed by atoms with Gasteiger partial charge in [-0.15, -0.1) is 0 Å². The van der Waals surface area contributed by atoms with Gasteiger partial charge in [0.25, 0.3) is 5.56 Å². The number of carbonyl (C=O) groups is 1. The molecule has 2 saturated heterocycles. The van der Waals surface area contributed by atoms with E-state index in [1.54, 1.807) is 6.92 Å². The van der Waals surface area contributed by atoms with Crippen LogP contribution in [0.1, 0.15) is 32.6 Å². The molecule has 0 amide bonds. The fourth-order valence-corrected chi connectivity index (χ4v) is 5.32. The van der Waals surface area contributed by atoms with E-state index < -0.39 is 10.0 Å². The van der Waals surface area contributed by atoms with Gasteiger partial charge in [-0.05, 0) is 25.8 Å². The number of hydrogen-bond acceptors (Lipinski definition) is 5. The van der Waals surface area contributed by atoms with Crippen LogP contribution in [0.15, 0.2) is 28.0 Å². The number of nitrogens with one attached hydrogen (secondary N) is 1. The lowest BCUT2D eigenvalue weighted by Crippen LogP contribution is -3.12. The van der Waals surface area contributed by atoms with Gasteiger partial charge < -0.3 is 9.64 Å². The fraction of sp³-hybridized carbons (Fsp3) is 0.667. The summed E-state index contributed by atoms with van der Waals surface area (Å²) in [5.74, 6) is -0.222. The second kappa shape index (κ2) is 8.53. The molecule has 0 atom stereocenters. The number of sulfonamides is 1. The van der Waals surface area contributed by atoms with E-state index in [-0.39, 0.29) is 22.3 Å². The Bertz CT molecular complexity index is 822. The van der Waals surface area contributed by atoms with Crippen LogP contribution in [0.3, 0.4) is 0 Å². The van der Waals surface area contributed by atoms with Crippen molar-refractivity contribution in [3.05, 3.63) is 28.7 Å². The Labute approximate surface area is 159 Å². The maximum atomic E-state index is 12.7. The van der Waals surface area contributed by atoms with Crippen molar-refractivity contribution in [2.24, 2.45) is 5.92 Å². The Hall–Kier alpha value is -1.71. The minimum atomic E-state index is -3.54. The van der Waals surface area contributed by atoms with E-state index in [1.807, 2.05) is 0 Å². The molecule has 2 aliphatic heterocycles. The normalized spacial score (nSPS) is 24.0. The molecule has 0 bridgehead atoms. The SMILES string of the molecule is CCOC(=O)C1CC[NH+](Cn2cc(S(=O)(=O)N3CCCC3)ccc2=O)CC1. The van der Waals surface area contributed by atoms with Gasteiger partial charge in [-0.25, -0.2) is 8.42 Å². The number of ether oxygens (including phenoxy) is 1. The van der Waals surface area contributed by atoms with Gasteiger partial charge in [0.1, 0.15) is 0 Å². The Kier molecular flexibility index (Phi) is 6.33. The number of aromatic nitrogens is 1. The smallest absolute Gasteiger partial charge is 0.309 e. The molecule has 8 nitrogen and oxygen atoms in total. The van der Waals surface area contributed by atoms with Crippen molar-refractivity contribution >= 4 is 16.0 Å². The summed E-state index contributed by atoms with van der Waals surface area (Å²) >= 11 is 0. The molecule has 1 aromatic rings. The Balaban J connectivity index is 1.67. The highest BCUT2D eigenvalue weighted by Gasteiger charge is 2.30. The average Bonchev–Trinajstić information content (AvgIpc) is 3.20. The number of quaternary nitrogens is 1. The Morgan fingerprint density at radius 2 is 1.89 bits per heavy atom. The van der Waals surface area contributed by atoms with Gasteiger partial charge in [-0.1, -0.05) is 0 Å². The van der Waals surface area contributed by atoms with Gasteiger partial charge >= 0.3 is 5.97 Å². The zero-order valence-electron chi connectivity index (χ0n) is 15.7. The van der Waals surface area contributed by atoms with E-state index in [0.29, 0.717) is 39.2 Å². The molecule has 2 fully saturated rings. The van der Waals surface area contributed by atoms with Crippen LogP contribution >= 0.6 is 0 Å². The van der Waals surface area contributed by atoms with Crippen LogP contribution in [0.2, 0.25) is 0 Å². The zero-order chi connectivity index (χ0) is 19.4. The summed E-state index contributed by atoms with van der Waals surface area (Å²) in [7, 11) is -3.54. The summed E-state index contributed by atoms with van der Waals surface area (Å²) in [5, 5.41) is 0. The number of esters is 1. The maximum Gasteiger partial charge on any atom is 0.309 e. The third-order valence-corrected chi connectivity index (χ3v) is 7.25. The molecule has 9 heteroatoms. The highest BCUT2D eigenvalue weighted by molar-refractivity contribution is 7.89. The minimum absolute atomic E-state index is 0.0766. The molecule has 3 rings (SSSR count). The van der Waals surface area contributed by atoms with E-state index in [0.717, 1.165) is 30.8 Å². The van der Waals surface area contributed by atoms with Crippen molar-refractivity contribution in [1.82, 2.24) is 8.87 Å². The van der Waals surface area contributed by atoms with Crippen molar-refractivity contribution in [3.63, 3.8) is 0 Å².